The predicted molar refractivity (Wildman–Crippen MR) is 95.3 cm³/mol. The van der Waals surface area contributed by atoms with E-state index in [0.29, 0.717) is 11.4 Å². The topological polar surface area (TPSA) is 73.9 Å². The number of aromatic amines is 1. The molecule has 122 valence electrons. The fraction of sp³-hybridized carbons (Fsp3) is 0.167. The van der Waals surface area contributed by atoms with Gasteiger partial charge < -0.3 is 10.2 Å². The standard InChI is InChI=1S/C18H19N5O/c1-12-6-7-14(9-17(12)23(2)3)20-18(24)16-10-15(21-22-16)13-5-4-8-19-11-13/h4-11H,1-3H3,(H,20,24)(H,21,22). The quantitative estimate of drug-likeness (QED) is 0.774. The number of anilines is 2. The smallest absolute Gasteiger partial charge is 0.273 e. The Morgan fingerprint density at radius 2 is 2.04 bits per heavy atom. The first-order valence-corrected chi connectivity index (χ1v) is 7.60. The maximum absolute atomic E-state index is 12.4. The van der Waals surface area contributed by atoms with Gasteiger partial charge in [0.1, 0.15) is 5.69 Å². The maximum atomic E-state index is 12.4. The number of aromatic nitrogens is 3. The van der Waals surface area contributed by atoms with Gasteiger partial charge in [0.15, 0.2) is 0 Å². The summed E-state index contributed by atoms with van der Waals surface area (Å²) in [6, 6.07) is 11.3. The summed E-state index contributed by atoms with van der Waals surface area (Å²) >= 11 is 0. The normalized spacial score (nSPS) is 10.5. The van der Waals surface area contributed by atoms with Gasteiger partial charge in [-0.15, -0.1) is 0 Å². The van der Waals surface area contributed by atoms with Crippen LogP contribution in [0.4, 0.5) is 11.4 Å². The Kier molecular flexibility index (Phi) is 4.29. The molecule has 0 aliphatic heterocycles. The summed E-state index contributed by atoms with van der Waals surface area (Å²) in [5.74, 6) is -0.230. The van der Waals surface area contributed by atoms with E-state index in [1.54, 1.807) is 18.5 Å². The van der Waals surface area contributed by atoms with E-state index in [-0.39, 0.29) is 5.91 Å². The van der Waals surface area contributed by atoms with Crippen LogP contribution < -0.4 is 10.2 Å². The van der Waals surface area contributed by atoms with Crippen molar-refractivity contribution in [1.29, 1.82) is 0 Å². The lowest BCUT2D eigenvalue weighted by molar-refractivity contribution is 0.102. The third-order valence-corrected chi connectivity index (χ3v) is 3.73. The summed E-state index contributed by atoms with van der Waals surface area (Å²) in [5, 5.41) is 9.84. The molecule has 0 atom stereocenters. The van der Waals surface area contributed by atoms with E-state index >= 15 is 0 Å². The van der Waals surface area contributed by atoms with E-state index in [1.807, 2.05) is 56.3 Å². The first kappa shape index (κ1) is 15.7. The molecular weight excluding hydrogens is 302 g/mol. The molecule has 3 aromatic rings. The van der Waals surface area contributed by atoms with E-state index < -0.39 is 0 Å². The molecule has 3 rings (SSSR count). The number of aryl methyl sites for hydroxylation is 1. The zero-order valence-electron chi connectivity index (χ0n) is 13.9. The molecule has 2 aromatic heterocycles. The Bertz CT molecular complexity index is 855. The number of carbonyl (C=O) groups excluding carboxylic acids is 1. The fourth-order valence-electron chi connectivity index (χ4n) is 2.47. The Morgan fingerprint density at radius 3 is 2.75 bits per heavy atom. The van der Waals surface area contributed by atoms with E-state index in [1.165, 1.54) is 0 Å². The van der Waals surface area contributed by atoms with Gasteiger partial charge in [-0.3, -0.25) is 14.9 Å². The molecule has 0 spiro atoms. The first-order valence-electron chi connectivity index (χ1n) is 7.60. The number of pyridine rings is 1. The predicted octanol–water partition coefficient (Wildman–Crippen LogP) is 3.10. The van der Waals surface area contributed by atoms with E-state index in [0.717, 1.165) is 22.5 Å². The third-order valence-electron chi connectivity index (χ3n) is 3.73. The summed E-state index contributed by atoms with van der Waals surface area (Å²) in [4.78, 5) is 18.5. The molecule has 0 saturated heterocycles. The fourth-order valence-corrected chi connectivity index (χ4v) is 2.47. The van der Waals surface area contributed by atoms with Crippen molar-refractivity contribution in [3.05, 3.63) is 60.0 Å². The molecule has 0 aliphatic rings. The molecule has 1 amide bonds. The van der Waals surface area contributed by atoms with Gasteiger partial charge in [-0.1, -0.05) is 6.07 Å². The van der Waals surface area contributed by atoms with Crippen LogP contribution in [0.3, 0.4) is 0 Å². The summed E-state index contributed by atoms with van der Waals surface area (Å²) in [6.45, 7) is 2.04. The van der Waals surface area contributed by atoms with Crippen molar-refractivity contribution in [1.82, 2.24) is 15.2 Å². The van der Waals surface area contributed by atoms with Gasteiger partial charge in [-0.2, -0.15) is 5.10 Å². The number of carbonyl (C=O) groups is 1. The average Bonchev–Trinajstić information content (AvgIpc) is 3.07. The van der Waals surface area contributed by atoms with Gasteiger partial charge >= 0.3 is 0 Å². The molecule has 0 unspecified atom stereocenters. The lowest BCUT2D eigenvalue weighted by atomic mass is 10.1. The van der Waals surface area contributed by atoms with Crippen molar-refractivity contribution in [2.24, 2.45) is 0 Å². The SMILES string of the molecule is Cc1ccc(NC(=O)c2cc(-c3cccnc3)n[nH]2)cc1N(C)C. The van der Waals surface area contributed by atoms with E-state index in [4.69, 9.17) is 0 Å². The zero-order chi connectivity index (χ0) is 17.1. The number of amides is 1. The largest absolute Gasteiger partial charge is 0.377 e. The number of hydrogen-bond acceptors (Lipinski definition) is 4. The highest BCUT2D eigenvalue weighted by Gasteiger charge is 2.12. The van der Waals surface area contributed by atoms with Crippen LogP contribution in [0.15, 0.2) is 48.8 Å². The van der Waals surface area contributed by atoms with Crippen molar-refractivity contribution in [2.75, 3.05) is 24.3 Å². The molecule has 2 N–H and O–H groups in total. The second-order valence-electron chi connectivity index (χ2n) is 5.76. The molecular formula is C18H19N5O. The first-order chi connectivity index (χ1) is 11.5. The molecule has 0 bridgehead atoms. The number of H-pyrrole nitrogens is 1. The lowest BCUT2D eigenvalue weighted by Gasteiger charge is -2.17. The van der Waals surface area contributed by atoms with Crippen molar-refractivity contribution in [3.8, 4) is 11.3 Å². The van der Waals surface area contributed by atoms with Crippen LogP contribution in [0.5, 0.6) is 0 Å². The highest BCUT2D eigenvalue weighted by Crippen LogP contribution is 2.23. The average molecular weight is 321 g/mol. The van der Waals surface area contributed by atoms with Crippen molar-refractivity contribution >= 4 is 17.3 Å². The second-order valence-corrected chi connectivity index (χ2v) is 5.76. The van der Waals surface area contributed by atoms with Gasteiger partial charge in [0, 0.05) is 43.4 Å². The zero-order valence-corrected chi connectivity index (χ0v) is 13.9. The van der Waals surface area contributed by atoms with Crippen molar-refractivity contribution < 1.29 is 4.79 Å². The second kappa shape index (κ2) is 6.54. The monoisotopic (exact) mass is 321 g/mol. The minimum Gasteiger partial charge on any atom is -0.377 e. The number of hydrogen-bond donors (Lipinski definition) is 2. The minimum atomic E-state index is -0.230. The molecule has 1 aromatic carbocycles. The number of benzene rings is 1. The highest BCUT2D eigenvalue weighted by atomic mass is 16.1. The Hall–Kier alpha value is -3.15. The van der Waals surface area contributed by atoms with Crippen LogP contribution in [0.25, 0.3) is 11.3 Å². The van der Waals surface area contributed by atoms with Gasteiger partial charge in [-0.05, 0) is 42.8 Å². The Labute approximate surface area is 140 Å². The minimum absolute atomic E-state index is 0.230. The van der Waals surface area contributed by atoms with E-state index in [9.17, 15) is 4.79 Å². The summed E-state index contributed by atoms with van der Waals surface area (Å²) < 4.78 is 0. The third kappa shape index (κ3) is 3.27. The number of rotatable bonds is 4. The summed E-state index contributed by atoms with van der Waals surface area (Å²) in [7, 11) is 3.95. The maximum Gasteiger partial charge on any atom is 0.273 e. The molecule has 0 aliphatic carbocycles. The number of nitrogens with one attached hydrogen (secondary N) is 2. The summed E-state index contributed by atoms with van der Waals surface area (Å²) in [5.41, 5.74) is 4.91. The molecule has 0 saturated carbocycles. The van der Waals surface area contributed by atoms with Crippen molar-refractivity contribution in [2.45, 2.75) is 6.92 Å². The van der Waals surface area contributed by atoms with Crippen LogP contribution in [-0.4, -0.2) is 35.2 Å². The molecule has 0 fully saturated rings. The van der Waals surface area contributed by atoms with Crippen LogP contribution in [0.1, 0.15) is 16.1 Å². The summed E-state index contributed by atoms with van der Waals surface area (Å²) in [6.07, 6.45) is 3.41. The van der Waals surface area contributed by atoms with Crippen molar-refractivity contribution in [3.63, 3.8) is 0 Å². The molecule has 24 heavy (non-hydrogen) atoms. The van der Waals surface area contributed by atoms with Crippen LogP contribution in [0.2, 0.25) is 0 Å². The van der Waals surface area contributed by atoms with Crippen LogP contribution >= 0.6 is 0 Å². The van der Waals surface area contributed by atoms with Gasteiger partial charge in [-0.25, -0.2) is 0 Å². The molecule has 0 radical (unpaired) electrons. The molecule has 2 heterocycles. The Morgan fingerprint density at radius 1 is 1.21 bits per heavy atom. The molecule has 6 heteroatoms. The van der Waals surface area contributed by atoms with Crippen LogP contribution in [0, 0.1) is 6.92 Å². The Balaban J connectivity index is 1.79. The van der Waals surface area contributed by atoms with Gasteiger partial charge in [0.2, 0.25) is 0 Å². The molecule has 6 nitrogen and oxygen atoms in total. The van der Waals surface area contributed by atoms with Crippen LogP contribution in [-0.2, 0) is 0 Å². The van der Waals surface area contributed by atoms with Gasteiger partial charge in [0.05, 0.1) is 5.69 Å². The van der Waals surface area contributed by atoms with E-state index in [2.05, 4.69) is 20.5 Å². The highest BCUT2D eigenvalue weighted by molar-refractivity contribution is 6.03. The lowest BCUT2D eigenvalue weighted by Crippen LogP contribution is -2.14. The number of nitrogens with zero attached hydrogens (tertiary/aromatic N) is 3. The van der Waals surface area contributed by atoms with Gasteiger partial charge in [0.25, 0.3) is 5.91 Å².